The molecule has 1 amide bonds. The quantitative estimate of drug-likeness (QED) is 0.348. The van der Waals surface area contributed by atoms with Crippen LogP contribution in [-0.4, -0.2) is 18.7 Å². The zero-order chi connectivity index (χ0) is 24.8. The van der Waals surface area contributed by atoms with E-state index in [0.717, 1.165) is 16.7 Å². The molecular weight excluding hydrogens is 462 g/mol. The molecule has 0 unspecified atom stereocenters. The Balaban J connectivity index is 1.52. The first-order valence-corrected chi connectivity index (χ1v) is 11.6. The molecule has 2 aliphatic rings. The van der Waals surface area contributed by atoms with Crippen LogP contribution in [0.15, 0.2) is 103 Å². The standard InChI is InChI=1S/C29H22F2N2O3/c30-29(31)35-25-16-23-24(17-26(25)36-29)33-27(34)22(18-32-23)28(19-10-4-1-5-11-19,20-12-6-2-7-13-20)21-14-8-3-9-15-21/h1-17,22,32H,18H2,(H,33,34)/t22-/m0/s1. The van der Waals surface area contributed by atoms with Crippen molar-refractivity contribution in [2.24, 2.45) is 5.92 Å². The lowest BCUT2D eigenvalue weighted by Gasteiger charge is -2.41. The van der Waals surface area contributed by atoms with Gasteiger partial charge >= 0.3 is 6.29 Å². The Labute approximate surface area is 206 Å². The van der Waals surface area contributed by atoms with Crippen LogP contribution >= 0.6 is 0 Å². The smallest absolute Gasteiger partial charge is 0.395 e. The van der Waals surface area contributed by atoms with Gasteiger partial charge in [0.1, 0.15) is 0 Å². The van der Waals surface area contributed by atoms with Crippen LogP contribution in [0.5, 0.6) is 11.5 Å². The molecule has 2 heterocycles. The number of benzene rings is 4. The minimum absolute atomic E-state index is 0.0839. The third-order valence-corrected chi connectivity index (χ3v) is 6.82. The van der Waals surface area contributed by atoms with E-state index in [-0.39, 0.29) is 24.0 Å². The maximum absolute atomic E-state index is 14.0. The molecule has 36 heavy (non-hydrogen) atoms. The lowest BCUT2D eigenvalue weighted by Crippen LogP contribution is -2.46. The summed E-state index contributed by atoms with van der Waals surface area (Å²) in [4.78, 5) is 14.0. The molecule has 4 aromatic carbocycles. The zero-order valence-electron chi connectivity index (χ0n) is 19.1. The van der Waals surface area contributed by atoms with Crippen LogP contribution in [0.25, 0.3) is 0 Å². The molecule has 0 radical (unpaired) electrons. The molecule has 2 N–H and O–H groups in total. The Morgan fingerprint density at radius 2 is 1.17 bits per heavy atom. The number of hydrogen-bond donors (Lipinski definition) is 2. The molecule has 180 valence electrons. The zero-order valence-corrected chi connectivity index (χ0v) is 19.1. The molecule has 6 rings (SSSR count). The largest absolute Gasteiger partial charge is 0.586 e. The van der Waals surface area contributed by atoms with E-state index in [2.05, 4.69) is 20.1 Å². The summed E-state index contributed by atoms with van der Waals surface area (Å²) >= 11 is 0. The first-order chi connectivity index (χ1) is 17.5. The molecule has 0 aliphatic carbocycles. The van der Waals surface area contributed by atoms with Crippen molar-refractivity contribution in [3.8, 4) is 11.5 Å². The van der Waals surface area contributed by atoms with Crippen molar-refractivity contribution in [2.45, 2.75) is 11.7 Å². The summed E-state index contributed by atoms with van der Waals surface area (Å²) in [6, 6.07) is 32.6. The Kier molecular flexibility index (Phi) is 5.14. The van der Waals surface area contributed by atoms with Crippen molar-refractivity contribution >= 4 is 17.3 Å². The number of nitrogens with one attached hydrogen (secondary N) is 2. The molecule has 0 saturated heterocycles. The van der Waals surface area contributed by atoms with Gasteiger partial charge in [-0.05, 0) is 16.7 Å². The third-order valence-electron chi connectivity index (χ3n) is 6.82. The number of hydrogen-bond acceptors (Lipinski definition) is 4. The van der Waals surface area contributed by atoms with Gasteiger partial charge in [-0.2, -0.15) is 0 Å². The fraction of sp³-hybridized carbons (Fsp3) is 0.138. The fourth-order valence-electron chi connectivity index (χ4n) is 5.33. The van der Waals surface area contributed by atoms with Gasteiger partial charge in [0.05, 0.1) is 22.7 Å². The van der Waals surface area contributed by atoms with Gasteiger partial charge < -0.3 is 20.1 Å². The van der Waals surface area contributed by atoms with E-state index in [1.165, 1.54) is 12.1 Å². The van der Waals surface area contributed by atoms with Gasteiger partial charge in [-0.15, -0.1) is 8.78 Å². The molecule has 0 saturated carbocycles. The van der Waals surface area contributed by atoms with Crippen molar-refractivity contribution in [1.82, 2.24) is 0 Å². The highest BCUT2D eigenvalue weighted by molar-refractivity contribution is 6.00. The summed E-state index contributed by atoms with van der Waals surface area (Å²) in [5.74, 6) is -1.06. The van der Waals surface area contributed by atoms with Crippen molar-refractivity contribution in [3.05, 3.63) is 120 Å². The maximum atomic E-state index is 14.0. The number of carbonyl (C=O) groups is 1. The van der Waals surface area contributed by atoms with Crippen LogP contribution in [0, 0.1) is 5.92 Å². The predicted molar refractivity (Wildman–Crippen MR) is 132 cm³/mol. The summed E-state index contributed by atoms with van der Waals surface area (Å²) in [6.07, 6.45) is -3.74. The normalized spacial score (nSPS) is 17.9. The lowest BCUT2D eigenvalue weighted by molar-refractivity contribution is -0.286. The highest BCUT2D eigenvalue weighted by Crippen LogP contribution is 2.49. The molecule has 4 aromatic rings. The third kappa shape index (κ3) is 3.55. The molecule has 1 atom stereocenters. The number of halogens is 2. The number of carbonyl (C=O) groups excluding carboxylic acids is 1. The van der Waals surface area contributed by atoms with Crippen molar-refractivity contribution < 1.29 is 23.0 Å². The highest BCUT2D eigenvalue weighted by atomic mass is 19.3. The molecule has 5 nitrogen and oxygen atoms in total. The van der Waals surface area contributed by atoms with Crippen molar-refractivity contribution in [3.63, 3.8) is 0 Å². The van der Waals surface area contributed by atoms with E-state index < -0.39 is 17.6 Å². The molecule has 0 fully saturated rings. The van der Waals surface area contributed by atoms with E-state index in [9.17, 15) is 13.6 Å². The average Bonchev–Trinajstić information content (AvgIpc) is 3.11. The summed E-state index contributed by atoms with van der Waals surface area (Å²) in [6.45, 7) is 0.244. The number of anilines is 2. The number of ether oxygens (including phenoxy) is 2. The van der Waals surface area contributed by atoms with Gasteiger partial charge in [-0.25, -0.2) is 0 Å². The van der Waals surface area contributed by atoms with Crippen LogP contribution in [0.2, 0.25) is 0 Å². The van der Waals surface area contributed by atoms with Gasteiger partial charge in [-0.3, -0.25) is 4.79 Å². The van der Waals surface area contributed by atoms with Crippen molar-refractivity contribution in [2.75, 3.05) is 17.2 Å². The molecular formula is C29H22F2N2O3. The van der Waals surface area contributed by atoms with E-state index >= 15 is 0 Å². The Morgan fingerprint density at radius 1 is 0.722 bits per heavy atom. The summed E-state index contributed by atoms with van der Waals surface area (Å²) < 4.78 is 36.4. The van der Waals surface area contributed by atoms with Gasteiger partial charge in [0.15, 0.2) is 11.5 Å². The van der Waals surface area contributed by atoms with Gasteiger partial charge in [0.25, 0.3) is 0 Å². The van der Waals surface area contributed by atoms with Crippen LogP contribution < -0.4 is 20.1 Å². The second kappa shape index (κ2) is 8.37. The van der Waals surface area contributed by atoms with Crippen LogP contribution in [0.4, 0.5) is 20.2 Å². The second-order valence-electron chi connectivity index (χ2n) is 8.84. The van der Waals surface area contributed by atoms with Gasteiger partial charge in [0, 0.05) is 18.7 Å². The summed E-state index contributed by atoms with van der Waals surface area (Å²) in [5.41, 5.74) is 2.88. The van der Waals surface area contributed by atoms with Gasteiger partial charge in [0.2, 0.25) is 5.91 Å². The number of amides is 1. The number of rotatable bonds is 4. The summed E-state index contributed by atoms with van der Waals surface area (Å²) in [7, 11) is 0. The average molecular weight is 485 g/mol. The Morgan fingerprint density at radius 3 is 1.64 bits per heavy atom. The molecule has 2 aliphatic heterocycles. The highest BCUT2D eigenvalue weighted by Gasteiger charge is 2.49. The molecule has 0 bridgehead atoms. The first-order valence-electron chi connectivity index (χ1n) is 11.6. The second-order valence-corrected chi connectivity index (χ2v) is 8.84. The van der Waals surface area contributed by atoms with Crippen molar-refractivity contribution in [1.29, 1.82) is 0 Å². The Bertz CT molecular complexity index is 1320. The van der Waals surface area contributed by atoms with E-state index in [1.807, 2.05) is 91.0 Å². The topological polar surface area (TPSA) is 59.6 Å². The van der Waals surface area contributed by atoms with E-state index in [4.69, 9.17) is 0 Å². The van der Waals surface area contributed by atoms with Crippen LogP contribution in [0.3, 0.4) is 0 Å². The summed E-state index contributed by atoms with van der Waals surface area (Å²) in [5, 5.41) is 6.28. The molecule has 7 heteroatoms. The maximum Gasteiger partial charge on any atom is 0.586 e. The minimum Gasteiger partial charge on any atom is -0.395 e. The first kappa shape index (κ1) is 22.1. The number of alkyl halides is 2. The number of fused-ring (bicyclic) bond motifs is 2. The monoisotopic (exact) mass is 484 g/mol. The van der Waals surface area contributed by atoms with Gasteiger partial charge in [-0.1, -0.05) is 91.0 Å². The predicted octanol–water partition coefficient (Wildman–Crippen LogP) is 6.02. The SMILES string of the molecule is O=C1Nc2cc3c(cc2NC[C@@H]1C(c1ccccc1)(c1ccccc1)c1ccccc1)OC(F)(F)O3. The van der Waals surface area contributed by atoms with Crippen LogP contribution in [0.1, 0.15) is 16.7 Å². The fourth-order valence-corrected chi connectivity index (χ4v) is 5.33. The van der Waals surface area contributed by atoms with E-state index in [0.29, 0.717) is 11.4 Å². The van der Waals surface area contributed by atoms with E-state index in [1.54, 1.807) is 0 Å². The lowest BCUT2D eigenvalue weighted by atomic mass is 9.61. The molecule has 0 aromatic heterocycles. The minimum atomic E-state index is -3.74. The Hall–Kier alpha value is -4.39. The van der Waals surface area contributed by atoms with Crippen LogP contribution in [-0.2, 0) is 10.2 Å². The molecule has 0 spiro atoms.